The van der Waals surface area contributed by atoms with Crippen LogP contribution in [0.5, 0.6) is 5.75 Å². The molecule has 0 saturated carbocycles. The normalized spacial score (nSPS) is 11.6. The van der Waals surface area contributed by atoms with Crippen molar-refractivity contribution in [3.05, 3.63) is 106 Å². The molecule has 4 aromatic carbocycles. The Hall–Kier alpha value is -3.30. The number of ether oxygens (including phenoxy) is 1. The van der Waals surface area contributed by atoms with Crippen LogP contribution in [0.25, 0.3) is 27.1 Å². The van der Waals surface area contributed by atoms with Gasteiger partial charge in [-0.15, -0.1) is 11.3 Å². The minimum atomic E-state index is 0.406. The van der Waals surface area contributed by atoms with Crippen LogP contribution in [0.2, 0.25) is 5.02 Å². The molecule has 0 atom stereocenters. The molecule has 3 nitrogen and oxygen atoms in total. The van der Waals surface area contributed by atoms with E-state index in [4.69, 9.17) is 16.3 Å². The van der Waals surface area contributed by atoms with E-state index in [-0.39, 0.29) is 0 Å². The zero-order valence-corrected chi connectivity index (χ0v) is 19.8. The largest absolute Gasteiger partial charge is 0.488 e. The Kier molecular flexibility index (Phi) is 6.32. The highest BCUT2D eigenvalue weighted by atomic mass is 35.5. The predicted molar refractivity (Wildman–Crippen MR) is 139 cm³/mol. The van der Waals surface area contributed by atoms with Crippen LogP contribution >= 0.6 is 34.7 Å². The van der Waals surface area contributed by atoms with Crippen LogP contribution in [0, 0.1) is 11.3 Å². The Morgan fingerprint density at radius 3 is 2.61 bits per heavy atom. The minimum Gasteiger partial charge on any atom is -0.488 e. The molecule has 5 aromatic rings. The zero-order chi connectivity index (χ0) is 22.6. The lowest BCUT2D eigenvalue weighted by atomic mass is 10.0. The number of nitriles is 1. The molecule has 1 heterocycles. The molecular formula is C27H17ClN2OS2. The van der Waals surface area contributed by atoms with E-state index in [0.29, 0.717) is 16.5 Å². The zero-order valence-electron chi connectivity index (χ0n) is 17.4. The summed E-state index contributed by atoms with van der Waals surface area (Å²) in [7, 11) is 0. The fraction of sp³-hybridized carbons (Fsp3) is 0.0370. The summed E-state index contributed by atoms with van der Waals surface area (Å²) < 4.78 is 8.14. The van der Waals surface area contributed by atoms with E-state index in [1.54, 1.807) is 11.3 Å². The van der Waals surface area contributed by atoms with Gasteiger partial charge in [0.1, 0.15) is 18.4 Å². The van der Waals surface area contributed by atoms with Gasteiger partial charge in [0.25, 0.3) is 0 Å². The molecule has 0 unspecified atom stereocenters. The van der Waals surface area contributed by atoms with E-state index in [0.717, 1.165) is 42.2 Å². The summed E-state index contributed by atoms with van der Waals surface area (Å²) in [5.41, 5.74) is 2.85. The highest BCUT2D eigenvalue weighted by Crippen LogP contribution is 2.37. The van der Waals surface area contributed by atoms with E-state index in [1.807, 2.05) is 84.9 Å². The quantitative estimate of drug-likeness (QED) is 0.179. The molecule has 160 valence electrons. The van der Waals surface area contributed by atoms with E-state index in [9.17, 15) is 5.26 Å². The highest BCUT2D eigenvalue weighted by molar-refractivity contribution is 8.05. The third kappa shape index (κ3) is 4.89. The molecule has 6 heteroatoms. The second-order valence-electron chi connectivity index (χ2n) is 7.28. The number of rotatable bonds is 6. The van der Waals surface area contributed by atoms with E-state index in [2.05, 4.69) is 17.1 Å². The molecular weight excluding hydrogens is 468 g/mol. The number of benzene rings is 4. The lowest BCUT2D eigenvalue weighted by Gasteiger charge is -2.13. The summed E-state index contributed by atoms with van der Waals surface area (Å²) in [4.78, 5) is 5.21. The van der Waals surface area contributed by atoms with Crippen LogP contribution in [-0.4, -0.2) is 4.98 Å². The van der Waals surface area contributed by atoms with Gasteiger partial charge < -0.3 is 4.74 Å². The summed E-state index contributed by atoms with van der Waals surface area (Å²) >= 11 is 8.96. The molecule has 0 aliphatic heterocycles. The number of hydrogen-bond acceptors (Lipinski definition) is 5. The Balaban J connectivity index is 1.51. The summed E-state index contributed by atoms with van der Waals surface area (Å²) in [6.07, 6.45) is 1.90. The smallest absolute Gasteiger partial charge is 0.156 e. The van der Waals surface area contributed by atoms with Gasteiger partial charge in [-0.1, -0.05) is 66.2 Å². The van der Waals surface area contributed by atoms with Crippen molar-refractivity contribution in [1.82, 2.24) is 4.98 Å². The summed E-state index contributed by atoms with van der Waals surface area (Å²) in [5, 5.41) is 12.7. The standard InChI is InChI=1S/C27H17ClN2OS2/c28-20-12-9-18(10-13-20)17-31-25-14-11-19-5-1-2-6-22(19)23(25)15-21(16-29)32-27-30-24-7-3-4-8-26(24)33-27/h1-15H,17H2. The Morgan fingerprint density at radius 1 is 1.00 bits per heavy atom. The first-order chi connectivity index (χ1) is 16.2. The number of para-hydroxylation sites is 1. The number of thioether (sulfide) groups is 1. The third-order valence-corrected chi connectivity index (χ3v) is 7.37. The average Bonchev–Trinajstić information content (AvgIpc) is 3.26. The van der Waals surface area contributed by atoms with Crippen LogP contribution in [0.15, 0.2) is 94.2 Å². The van der Waals surface area contributed by atoms with Crippen molar-refractivity contribution in [3.63, 3.8) is 0 Å². The fourth-order valence-corrected chi connectivity index (χ4v) is 5.58. The molecule has 0 aliphatic rings. The number of hydrogen-bond donors (Lipinski definition) is 0. The monoisotopic (exact) mass is 484 g/mol. The highest BCUT2D eigenvalue weighted by Gasteiger charge is 2.12. The lowest BCUT2D eigenvalue weighted by Crippen LogP contribution is -1.97. The van der Waals surface area contributed by atoms with Crippen molar-refractivity contribution in [2.24, 2.45) is 0 Å². The average molecular weight is 485 g/mol. The van der Waals surface area contributed by atoms with Gasteiger partial charge in [0.15, 0.2) is 4.34 Å². The molecule has 5 rings (SSSR count). The molecule has 1 aromatic heterocycles. The van der Waals surface area contributed by atoms with E-state index in [1.165, 1.54) is 11.8 Å². The van der Waals surface area contributed by atoms with Crippen molar-refractivity contribution < 1.29 is 4.74 Å². The summed E-state index contributed by atoms with van der Waals surface area (Å²) in [5.74, 6) is 0.723. The van der Waals surface area contributed by atoms with Crippen LogP contribution in [-0.2, 0) is 6.61 Å². The van der Waals surface area contributed by atoms with Gasteiger partial charge in [0, 0.05) is 10.6 Å². The van der Waals surface area contributed by atoms with Gasteiger partial charge in [-0.3, -0.25) is 0 Å². The lowest BCUT2D eigenvalue weighted by molar-refractivity contribution is 0.306. The van der Waals surface area contributed by atoms with Gasteiger partial charge in [0.2, 0.25) is 0 Å². The number of nitrogens with zero attached hydrogens (tertiary/aromatic N) is 2. The maximum absolute atomic E-state index is 9.90. The van der Waals surface area contributed by atoms with Gasteiger partial charge >= 0.3 is 0 Å². The predicted octanol–water partition coefficient (Wildman–Crippen LogP) is 8.34. The molecule has 0 fully saturated rings. The molecule has 0 amide bonds. The second kappa shape index (κ2) is 9.68. The van der Waals surface area contributed by atoms with Crippen molar-refractivity contribution in [2.75, 3.05) is 0 Å². The summed E-state index contributed by atoms with van der Waals surface area (Å²) in [6, 6.07) is 30.0. The molecule has 0 N–H and O–H groups in total. The van der Waals surface area contributed by atoms with Gasteiger partial charge in [-0.25, -0.2) is 4.98 Å². The maximum atomic E-state index is 9.90. The maximum Gasteiger partial charge on any atom is 0.156 e. The number of halogens is 1. The molecule has 0 spiro atoms. The third-order valence-electron chi connectivity index (χ3n) is 5.10. The number of thiazole rings is 1. The Bertz CT molecular complexity index is 1480. The number of fused-ring (bicyclic) bond motifs is 2. The molecule has 33 heavy (non-hydrogen) atoms. The van der Waals surface area contributed by atoms with E-state index >= 15 is 0 Å². The fourth-order valence-electron chi connectivity index (χ4n) is 3.50. The Morgan fingerprint density at radius 2 is 1.79 bits per heavy atom. The van der Waals surface area contributed by atoms with Gasteiger partial charge in [-0.05, 0) is 64.5 Å². The number of allylic oxidation sites excluding steroid dienone is 1. The first kappa shape index (κ1) is 21.5. The number of aromatic nitrogens is 1. The molecule has 0 aliphatic carbocycles. The van der Waals surface area contributed by atoms with E-state index < -0.39 is 0 Å². The minimum absolute atomic E-state index is 0.406. The van der Waals surface area contributed by atoms with Gasteiger partial charge in [-0.2, -0.15) is 5.26 Å². The second-order valence-corrected chi connectivity index (χ2v) is 10.0. The SMILES string of the molecule is N#CC(=Cc1c(OCc2ccc(Cl)cc2)ccc2ccccc12)Sc1nc2ccccc2s1. The van der Waals surface area contributed by atoms with Crippen molar-refractivity contribution in [3.8, 4) is 11.8 Å². The van der Waals surface area contributed by atoms with Crippen LogP contribution in [0.3, 0.4) is 0 Å². The Labute approximate surface area is 204 Å². The molecule has 0 bridgehead atoms. The van der Waals surface area contributed by atoms with Crippen molar-refractivity contribution in [1.29, 1.82) is 5.26 Å². The van der Waals surface area contributed by atoms with Gasteiger partial charge in [0.05, 0.1) is 15.1 Å². The van der Waals surface area contributed by atoms with Crippen LogP contribution in [0.4, 0.5) is 0 Å². The van der Waals surface area contributed by atoms with Crippen LogP contribution in [0.1, 0.15) is 11.1 Å². The van der Waals surface area contributed by atoms with Crippen LogP contribution < -0.4 is 4.74 Å². The molecule has 0 radical (unpaired) electrons. The van der Waals surface area contributed by atoms with Crippen molar-refractivity contribution >= 4 is 61.8 Å². The first-order valence-corrected chi connectivity index (χ1v) is 12.2. The summed E-state index contributed by atoms with van der Waals surface area (Å²) in [6.45, 7) is 0.406. The van der Waals surface area contributed by atoms with Crippen molar-refractivity contribution in [2.45, 2.75) is 10.9 Å². The first-order valence-electron chi connectivity index (χ1n) is 10.2. The topological polar surface area (TPSA) is 45.9 Å². The molecule has 0 saturated heterocycles.